The second kappa shape index (κ2) is 4.97. The maximum atomic E-state index is 13.7. The number of allylic oxidation sites excluding steroid dienone is 2. The van der Waals surface area contributed by atoms with Gasteiger partial charge in [-0.25, -0.2) is 13.5 Å². The number of nitrogens with zero attached hydrogens (tertiary/aromatic N) is 3. The molecule has 7 heteroatoms. The highest BCUT2D eigenvalue weighted by molar-refractivity contribution is 5.99. The summed E-state index contributed by atoms with van der Waals surface area (Å²) < 4.78 is 28.8. The van der Waals surface area contributed by atoms with Crippen molar-refractivity contribution in [3.8, 4) is 0 Å². The highest BCUT2D eigenvalue weighted by Crippen LogP contribution is 2.41. The van der Waals surface area contributed by atoms with E-state index in [-0.39, 0.29) is 11.7 Å². The van der Waals surface area contributed by atoms with Crippen LogP contribution in [0.3, 0.4) is 0 Å². The van der Waals surface area contributed by atoms with Gasteiger partial charge in [-0.1, -0.05) is 6.92 Å². The van der Waals surface area contributed by atoms with Crippen molar-refractivity contribution in [2.24, 2.45) is 5.92 Å². The van der Waals surface area contributed by atoms with Crippen molar-refractivity contribution in [1.29, 1.82) is 0 Å². The molecule has 2 atom stereocenters. The molecule has 2 aromatic rings. The van der Waals surface area contributed by atoms with Crippen LogP contribution in [-0.4, -0.2) is 20.5 Å². The van der Waals surface area contributed by atoms with Crippen LogP contribution in [-0.2, 0) is 4.79 Å². The first-order valence-electron chi connectivity index (χ1n) is 7.41. The van der Waals surface area contributed by atoms with Crippen LogP contribution in [0.15, 0.2) is 35.8 Å². The Balaban J connectivity index is 1.93. The first kappa shape index (κ1) is 14.0. The van der Waals surface area contributed by atoms with E-state index in [2.05, 4.69) is 15.4 Å². The Hall–Kier alpha value is -2.57. The van der Waals surface area contributed by atoms with Crippen LogP contribution in [0.1, 0.15) is 31.4 Å². The second-order valence-electron chi connectivity index (χ2n) is 6.09. The van der Waals surface area contributed by atoms with Crippen molar-refractivity contribution < 1.29 is 13.6 Å². The van der Waals surface area contributed by atoms with Crippen molar-refractivity contribution in [3.63, 3.8) is 0 Å². The molecule has 0 bridgehead atoms. The number of Topliss-reactive ketones (excluding diaryl/α,β-unsaturated/α-hetero) is 1. The molecule has 1 aliphatic heterocycles. The highest BCUT2D eigenvalue weighted by Gasteiger charge is 2.38. The van der Waals surface area contributed by atoms with Crippen LogP contribution in [0.25, 0.3) is 0 Å². The van der Waals surface area contributed by atoms with E-state index in [0.717, 1.165) is 11.8 Å². The van der Waals surface area contributed by atoms with Gasteiger partial charge in [-0.2, -0.15) is 10.1 Å². The van der Waals surface area contributed by atoms with E-state index in [9.17, 15) is 13.6 Å². The molecule has 4 rings (SSSR count). The molecule has 0 amide bonds. The smallest absolute Gasteiger partial charge is 0.226 e. The normalized spacial score (nSPS) is 23.3. The van der Waals surface area contributed by atoms with Gasteiger partial charge in [0.25, 0.3) is 0 Å². The average Bonchev–Trinajstić information content (AvgIpc) is 2.91. The monoisotopic (exact) mass is 316 g/mol. The number of hydrogen-bond acceptors (Lipinski definition) is 4. The Labute approximate surface area is 131 Å². The fourth-order valence-corrected chi connectivity index (χ4v) is 3.39. The predicted molar refractivity (Wildman–Crippen MR) is 78.6 cm³/mol. The summed E-state index contributed by atoms with van der Waals surface area (Å²) in [6.45, 7) is 2.00. The number of carbonyl (C=O) groups is 1. The van der Waals surface area contributed by atoms with E-state index in [1.807, 2.05) is 6.92 Å². The lowest BCUT2D eigenvalue weighted by Crippen LogP contribution is -2.33. The summed E-state index contributed by atoms with van der Waals surface area (Å²) in [5.74, 6) is -0.701. The summed E-state index contributed by atoms with van der Waals surface area (Å²) in [5.41, 5.74) is 1.64. The number of aromatic nitrogens is 3. The number of hydrogen-bond donors (Lipinski definition) is 1. The van der Waals surface area contributed by atoms with Crippen LogP contribution in [0.5, 0.6) is 0 Å². The lowest BCUT2D eigenvalue weighted by Gasteiger charge is -2.34. The van der Waals surface area contributed by atoms with Gasteiger partial charge in [-0.3, -0.25) is 4.79 Å². The third kappa shape index (κ3) is 2.23. The Kier molecular flexibility index (Phi) is 3.04. The molecular formula is C16H14F2N4O. The maximum Gasteiger partial charge on any atom is 0.226 e. The van der Waals surface area contributed by atoms with E-state index < -0.39 is 17.7 Å². The minimum atomic E-state index is -0.682. The van der Waals surface area contributed by atoms with E-state index in [1.165, 1.54) is 23.1 Å². The van der Waals surface area contributed by atoms with Crippen LogP contribution >= 0.6 is 0 Å². The molecule has 1 aromatic heterocycles. The third-order valence-electron chi connectivity index (χ3n) is 4.27. The SMILES string of the molecule is C[C@H]1CC(=O)C2=C(C1)Nc1ncnn1[C@H]2c1cc(F)cc(F)c1. The molecule has 1 N–H and O–H groups in total. The van der Waals surface area contributed by atoms with E-state index in [0.29, 0.717) is 29.9 Å². The summed E-state index contributed by atoms with van der Waals surface area (Å²) in [4.78, 5) is 16.7. The summed E-state index contributed by atoms with van der Waals surface area (Å²) in [7, 11) is 0. The van der Waals surface area contributed by atoms with Crippen molar-refractivity contribution in [2.45, 2.75) is 25.8 Å². The van der Waals surface area contributed by atoms with Crippen molar-refractivity contribution in [1.82, 2.24) is 14.8 Å². The van der Waals surface area contributed by atoms with Gasteiger partial charge in [-0.05, 0) is 30.0 Å². The molecule has 5 nitrogen and oxygen atoms in total. The topological polar surface area (TPSA) is 59.8 Å². The Bertz CT molecular complexity index is 822. The van der Waals surface area contributed by atoms with Crippen molar-refractivity contribution in [2.75, 3.05) is 5.32 Å². The molecule has 0 saturated carbocycles. The standard InChI is InChI=1S/C16H14F2N4O/c1-8-2-12-14(13(23)3-8)15(22-16(21-12)19-7-20-22)9-4-10(17)6-11(18)5-9/h4-8,15H,2-3H2,1H3,(H,19,20,21)/t8-,15+/m1/s1. The molecule has 0 saturated heterocycles. The zero-order valence-corrected chi connectivity index (χ0v) is 12.4. The number of fused-ring (bicyclic) bond motifs is 1. The summed E-state index contributed by atoms with van der Waals surface area (Å²) in [6.07, 6.45) is 2.47. The Morgan fingerprint density at radius 1 is 1.22 bits per heavy atom. The van der Waals surface area contributed by atoms with Crippen LogP contribution < -0.4 is 5.32 Å². The van der Waals surface area contributed by atoms with Gasteiger partial charge in [0, 0.05) is 23.8 Å². The quantitative estimate of drug-likeness (QED) is 0.879. The molecule has 2 heterocycles. The van der Waals surface area contributed by atoms with Gasteiger partial charge >= 0.3 is 0 Å². The molecule has 118 valence electrons. The summed E-state index contributed by atoms with van der Waals surface area (Å²) in [5, 5.41) is 7.26. The van der Waals surface area contributed by atoms with Gasteiger partial charge < -0.3 is 5.32 Å². The Morgan fingerprint density at radius 2 is 1.96 bits per heavy atom. The van der Waals surface area contributed by atoms with Crippen molar-refractivity contribution >= 4 is 11.7 Å². The third-order valence-corrected chi connectivity index (χ3v) is 4.27. The largest absolute Gasteiger partial charge is 0.328 e. The van der Waals surface area contributed by atoms with E-state index >= 15 is 0 Å². The number of carbonyl (C=O) groups excluding carboxylic acids is 1. The number of anilines is 1. The van der Waals surface area contributed by atoms with Gasteiger partial charge in [0.05, 0.1) is 0 Å². The molecule has 23 heavy (non-hydrogen) atoms. The fourth-order valence-electron chi connectivity index (χ4n) is 3.39. The molecule has 0 radical (unpaired) electrons. The minimum Gasteiger partial charge on any atom is -0.328 e. The Morgan fingerprint density at radius 3 is 2.70 bits per heavy atom. The van der Waals surface area contributed by atoms with Gasteiger partial charge in [0.1, 0.15) is 24.0 Å². The summed E-state index contributed by atoms with van der Waals surface area (Å²) >= 11 is 0. The average molecular weight is 316 g/mol. The molecule has 0 spiro atoms. The number of benzene rings is 1. The second-order valence-corrected chi connectivity index (χ2v) is 6.09. The number of rotatable bonds is 1. The molecule has 0 unspecified atom stereocenters. The zero-order valence-electron chi connectivity index (χ0n) is 12.4. The fraction of sp³-hybridized carbons (Fsp3) is 0.312. The predicted octanol–water partition coefficient (Wildman–Crippen LogP) is 2.82. The lowest BCUT2D eigenvalue weighted by molar-refractivity contribution is -0.117. The highest BCUT2D eigenvalue weighted by atomic mass is 19.1. The van der Waals surface area contributed by atoms with Crippen LogP contribution in [0.2, 0.25) is 0 Å². The van der Waals surface area contributed by atoms with Crippen molar-refractivity contribution in [3.05, 3.63) is 53.0 Å². The molecule has 0 fully saturated rings. The molecule has 1 aromatic carbocycles. The molecule has 2 aliphatic rings. The number of nitrogens with one attached hydrogen (secondary N) is 1. The molecular weight excluding hydrogens is 302 g/mol. The maximum absolute atomic E-state index is 13.7. The first-order valence-corrected chi connectivity index (χ1v) is 7.41. The minimum absolute atomic E-state index is 0.0259. The van der Waals surface area contributed by atoms with E-state index in [4.69, 9.17) is 0 Å². The summed E-state index contributed by atoms with van der Waals surface area (Å²) in [6, 6.07) is 2.63. The van der Waals surface area contributed by atoms with Gasteiger partial charge in [0.15, 0.2) is 5.78 Å². The number of ketones is 1. The lowest BCUT2D eigenvalue weighted by atomic mass is 9.81. The number of halogens is 2. The van der Waals surface area contributed by atoms with E-state index in [1.54, 1.807) is 0 Å². The van der Waals surface area contributed by atoms with Gasteiger partial charge in [-0.15, -0.1) is 0 Å². The molecule has 1 aliphatic carbocycles. The van der Waals surface area contributed by atoms with Gasteiger partial charge in [0.2, 0.25) is 5.95 Å². The zero-order chi connectivity index (χ0) is 16.1. The first-order chi connectivity index (χ1) is 11.0. The van der Waals surface area contributed by atoms with Crippen LogP contribution in [0, 0.1) is 17.6 Å². The van der Waals surface area contributed by atoms with Crippen LogP contribution in [0.4, 0.5) is 14.7 Å².